The molecule has 2 atom stereocenters. The minimum Gasteiger partial charge on any atom is -0.297 e. The van der Waals surface area contributed by atoms with E-state index in [4.69, 9.17) is 28.0 Å². The lowest BCUT2D eigenvalue weighted by Crippen LogP contribution is -2.45. The zero-order chi connectivity index (χ0) is 16.6. The van der Waals surface area contributed by atoms with Crippen LogP contribution in [0.3, 0.4) is 0 Å². The van der Waals surface area contributed by atoms with Gasteiger partial charge in [-0.1, -0.05) is 29.3 Å². The molecule has 2 aliphatic heterocycles. The van der Waals surface area contributed by atoms with E-state index in [9.17, 15) is 8.42 Å². The van der Waals surface area contributed by atoms with Crippen molar-refractivity contribution in [3.8, 4) is 0 Å². The Bertz CT molecular complexity index is 681. The van der Waals surface area contributed by atoms with Gasteiger partial charge in [-0.3, -0.25) is 4.84 Å². The van der Waals surface area contributed by atoms with Crippen LogP contribution in [0.5, 0.6) is 0 Å². The molecule has 0 N–H and O–H groups in total. The molecule has 3 rings (SSSR count). The molecule has 0 radical (unpaired) electrons. The van der Waals surface area contributed by atoms with Crippen molar-refractivity contribution in [3.05, 3.63) is 33.8 Å². The van der Waals surface area contributed by atoms with Gasteiger partial charge in [0.2, 0.25) is 10.0 Å². The summed E-state index contributed by atoms with van der Waals surface area (Å²) in [5.74, 6) is 1.66. The highest BCUT2D eigenvalue weighted by Gasteiger charge is 2.46. The summed E-state index contributed by atoms with van der Waals surface area (Å²) in [4.78, 5) is 5.53. The average molecular weight is 397 g/mol. The number of thioether (sulfide) groups is 1. The number of benzene rings is 1. The number of hydrogen-bond donors (Lipinski definition) is 0. The second-order valence-electron chi connectivity index (χ2n) is 5.55. The number of nitrogens with zero attached hydrogens (tertiary/aromatic N) is 2. The fourth-order valence-electron chi connectivity index (χ4n) is 2.98. The Morgan fingerprint density at radius 3 is 2.61 bits per heavy atom. The smallest absolute Gasteiger partial charge is 0.221 e. The van der Waals surface area contributed by atoms with E-state index in [0.29, 0.717) is 23.1 Å². The van der Waals surface area contributed by atoms with Crippen LogP contribution < -0.4 is 0 Å². The third-order valence-corrected chi connectivity index (χ3v) is 7.93. The zero-order valence-corrected chi connectivity index (χ0v) is 15.8. The number of rotatable bonds is 3. The molecule has 2 fully saturated rings. The molecule has 2 heterocycles. The van der Waals surface area contributed by atoms with E-state index in [-0.39, 0.29) is 6.61 Å². The lowest BCUT2D eigenvalue weighted by molar-refractivity contribution is -0.110. The standard InChI is InChI=1S/C14H18Cl2N2O3S2/c1-17-14(11-3-2-10(15)8-12(11)16)13(9-21-17)23(19,20)18-4-6-22-7-5-18/h2-3,8,13-14H,4-7,9H2,1H3. The van der Waals surface area contributed by atoms with Crippen molar-refractivity contribution in [2.45, 2.75) is 11.3 Å². The van der Waals surface area contributed by atoms with Crippen LogP contribution in [0, 0.1) is 0 Å². The third-order valence-electron chi connectivity index (χ3n) is 4.18. The number of sulfonamides is 1. The molecular weight excluding hydrogens is 379 g/mol. The fourth-order valence-corrected chi connectivity index (χ4v) is 6.58. The van der Waals surface area contributed by atoms with Crippen LogP contribution in [0.25, 0.3) is 0 Å². The zero-order valence-electron chi connectivity index (χ0n) is 12.6. The minimum atomic E-state index is -3.46. The first kappa shape index (κ1) is 17.8. The van der Waals surface area contributed by atoms with Gasteiger partial charge in [-0.25, -0.2) is 8.42 Å². The van der Waals surface area contributed by atoms with E-state index in [1.165, 1.54) is 0 Å². The Hall–Kier alpha value is -0.0200. The van der Waals surface area contributed by atoms with Gasteiger partial charge in [-0.2, -0.15) is 21.1 Å². The van der Waals surface area contributed by atoms with Crippen LogP contribution in [0.2, 0.25) is 10.0 Å². The molecule has 9 heteroatoms. The van der Waals surface area contributed by atoms with Crippen molar-refractivity contribution in [3.63, 3.8) is 0 Å². The molecule has 2 saturated heterocycles. The molecule has 0 aliphatic carbocycles. The summed E-state index contributed by atoms with van der Waals surface area (Å²) in [6.07, 6.45) is 0. The quantitative estimate of drug-likeness (QED) is 0.785. The van der Waals surface area contributed by atoms with Crippen molar-refractivity contribution >= 4 is 45.0 Å². The number of halogens is 2. The van der Waals surface area contributed by atoms with Gasteiger partial charge in [0, 0.05) is 41.7 Å². The monoisotopic (exact) mass is 396 g/mol. The molecule has 0 spiro atoms. The van der Waals surface area contributed by atoms with E-state index >= 15 is 0 Å². The van der Waals surface area contributed by atoms with Crippen LogP contribution in [0.4, 0.5) is 0 Å². The van der Waals surface area contributed by atoms with E-state index in [2.05, 4.69) is 0 Å². The van der Waals surface area contributed by atoms with Gasteiger partial charge in [-0.05, 0) is 17.7 Å². The maximum Gasteiger partial charge on any atom is 0.221 e. The molecule has 2 unspecified atom stereocenters. The van der Waals surface area contributed by atoms with Gasteiger partial charge >= 0.3 is 0 Å². The maximum atomic E-state index is 13.0. The third kappa shape index (κ3) is 3.51. The number of hydroxylamine groups is 2. The van der Waals surface area contributed by atoms with Crippen LogP contribution in [-0.2, 0) is 14.9 Å². The molecule has 23 heavy (non-hydrogen) atoms. The summed E-state index contributed by atoms with van der Waals surface area (Å²) in [5.41, 5.74) is 0.719. The Balaban J connectivity index is 1.94. The van der Waals surface area contributed by atoms with Gasteiger partial charge in [0.05, 0.1) is 12.6 Å². The molecule has 0 bridgehead atoms. The predicted molar refractivity (Wildman–Crippen MR) is 94.5 cm³/mol. The van der Waals surface area contributed by atoms with E-state index in [1.807, 2.05) is 0 Å². The molecular formula is C14H18Cl2N2O3S2. The molecule has 1 aromatic rings. The van der Waals surface area contributed by atoms with Crippen LogP contribution in [0.1, 0.15) is 11.6 Å². The molecule has 0 saturated carbocycles. The van der Waals surface area contributed by atoms with Gasteiger partial charge in [-0.15, -0.1) is 0 Å². The lowest BCUT2D eigenvalue weighted by atomic mass is 10.0. The highest BCUT2D eigenvalue weighted by molar-refractivity contribution is 7.99. The Labute approximate surface area is 150 Å². The van der Waals surface area contributed by atoms with Crippen LogP contribution in [-0.4, -0.2) is 61.3 Å². The summed E-state index contributed by atoms with van der Waals surface area (Å²) >= 11 is 14.0. The van der Waals surface area contributed by atoms with Crippen molar-refractivity contribution in [2.75, 3.05) is 38.2 Å². The van der Waals surface area contributed by atoms with E-state index in [0.717, 1.165) is 17.1 Å². The van der Waals surface area contributed by atoms with Gasteiger partial charge in [0.25, 0.3) is 0 Å². The summed E-state index contributed by atoms with van der Waals surface area (Å²) in [6.45, 7) is 1.23. The minimum absolute atomic E-state index is 0.131. The van der Waals surface area contributed by atoms with E-state index in [1.54, 1.807) is 46.4 Å². The van der Waals surface area contributed by atoms with E-state index < -0.39 is 21.3 Å². The Kier molecular flexibility index (Phi) is 5.47. The molecule has 128 valence electrons. The van der Waals surface area contributed by atoms with Gasteiger partial charge < -0.3 is 0 Å². The second-order valence-corrected chi connectivity index (χ2v) is 9.77. The first-order valence-electron chi connectivity index (χ1n) is 7.28. The highest BCUT2D eigenvalue weighted by Crippen LogP contribution is 2.39. The van der Waals surface area contributed by atoms with Gasteiger partial charge in [0.1, 0.15) is 5.25 Å². The van der Waals surface area contributed by atoms with Crippen molar-refractivity contribution in [1.29, 1.82) is 0 Å². The summed E-state index contributed by atoms with van der Waals surface area (Å²) < 4.78 is 27.6. The number of hydrogen-bond acceptors (Lipinski definition) is 5. The maximum absolute atomic E-state index is 13.0. The first-order valence-corrected chi connectivity index (χ1v) is 10.7. The summed E-state index contributed by atoms with van der Waals surface area (Å²) in [5, 5.41) is 1.88. The second kappa shape index (κ2) is 7.07. The lowest BCUT2D eigenvalue weighted by Gasteiger charge is -2.31. The Morgan fingerprint density at radius 2 is 1.96 bits per heavy atom. The average Bonchev–Trinajstić information content (AvgIpc) is 2.91. The predicted octanol–water partition coefficient (Wildman–Crippen LogP) is 2.66. The molecule has 0 aromatic heterocycles. The molecule has 2 aliphatic rings. The SMILES string of the molecule is CN1OCC(S(=O)(=O)N2CCSCC2)C1c1ccc(Cl)cc1Cl. The highest BCUT2D eigenvalue weighted by atomic mass is 35.5. The summed E-state index contributed by atoms with van der Waals surface area (Å²) in [7, 11) is -1.72. The fraction of sp³-hybridized carbons (Fsp3) is 0.571. The van der Waals surface area contributed by atoms with Crippen molar-refractivity contribution in [2.24, 2.45) is 0 Å². The Morgan fingerprint density at radius 1 is 1.26 bits per heavy atom. The van der Waals surface area contributed by atoms with Crippen LogP contribution >= 0.6 is 35.0 Å². The molecule has 0 amide bonds. The van der Waals surface area contributed by atoms with Crippen molar-refractivity contribution in [1.82, 2.24) is 9.37 Å². The first-order chi connectivity index (χ1) is 10.9. The topological polar surface area (TPSA) is 49.9 Å². The normalized spacial score (nSPS) is 27.4. The molecule has 5 nitrogen and oxygen atoms in total. The largest absolute Gasteiger partial charge is 0.297 e. The van der Waals surface area contributed by atoms with Crippen LogP contribution in [0.15, 0.2) is 18.2 Å². The molecule has 1 aromatic carbocycles. The summed E-state index contributed by atoms with van der Waals surface area (Å²) in [6, 6.07) is 4.68. The van der Waals surface area contributed by atoms with Gasteiger partial charge in [0.15, 0.2) is 0 Å². The van der Waals surface area contributed by atoms with Crippen molar-refractivity contribution < 1.29 is 13.3 Å².